The summed E-state index contributed by atoms with van der Waals surface area (Å²) in [5.41, 5.74) is 5.21. The van der Waals surface area contributed by atoms with Gasteiger partial charge in [-0.25, -0.2) is 0 Å². The summed E-state index contributed by atoms with van der Waals surface area (Å²) in [6.07, 6.45) is 7.32. The molecule has 0 heterocycles. The van der Waals surface area contributed by atoms with E-state index >= 15 is 0 Å². The van der Waals surface area contributed by atoms with Crippen LogP contribution in [0.4, 0.5) is 0 Å². The summed E-state index contributed by atoms with van der Waals surface area (Å²) in [6.45, 7) is 3.32. The Morgan fingerprint density at radius 1 is 1.40 bits per heavy atom. The molecule has 0 bridgehead atoms. The van der Waals surface area contributed by atoms with Crippen molar-refractivity contribution in [2.45, 2.75) is 26.2 Å². The quantitative estimate of drug-likeness (QED) is 0.590. The lowest BCUT2D eigenvalue weighted by atomic mass is 10.2. The Labute approximate surface area is 63.7 Å². The molecule has 0 aliphatic rings. The fraction of sp³-hybridized carbons (Fsp3) is 0.750. The molecule has 0 aromatic rings. The molecule has 0 aromatic heterocycles. The molecule has 0 rings (SSSR count). The molecule has 0 amide bonds. The van der Waals surface area contributed by atoms with Gasteiger partial charge in [0.05, 0.1) is 0 Å². The normalized spacial score (nSPS) is 10.6. The molecular formula is C8H18N2. The summed E-state index contributed by atoms with van der Waals surface area (Å²) in [4.78, 5) is 2.11. The van der Waals surface area contributed by atoms with Crippen LogP contribution in [0.15, 0.2) is 12.4 Å². The highest BCUT2D eigenvalue weighted by Gasteiger charge is 1.88. The standard InChI is InChI=1S/C8H18N2/c1-3-4-5-7-10(2)8-6-9/h6,8H,3-5,7,9H2,1-2H3/b8-6-. The summed E-state index contributed by atoms with van der Waals surface area (Å²) in [5.74, 6) is 0. The van der Waals surface area contributed by atoms with Crippen LogP contribution in [0, 0.1) is 0 Å². The van der Waals surface area contributed by atoms with Gasteiger partial charge in [-0.05, 0) is 6.42 Å². The third kappa shape index (κ3) is 5.48. The summed E-state index contributed by atoms with van der Waals surface area (Å²) >= 11 is 0. The van der Waals surface area contributed by atoms with Gasteiger partial charge in [0, 0.05) is 26.0 Å². The molecule has 0 aliphatic heterocycles. The summed E-state index contributed by atoms with van der Waals surface area (Å²) < 4.78 is 0. The number of rotatable bonds is 5. The van der Waals surface area contributed by atoms with Crippen LogP contribution in [0.2, 0.25) is 0 Å². The first kappa shape index (κ1) is 9.34. The number of hydrogen-bond donors (Lipinski definition) is 1. The van der Waals surface area contributed by atoms with E-state index < -0.39 is 0 Å². The van der Waals surface area contributed by atoms with Crippen molar-refractivity contribution in [2.24, 2.45) is 5.73 Å². The first-order chi connectivity index (χ1) is 4.81. The maximum atomic E-state index is 5.21. The second-order valence-corrected chi connectivity index (χ2v) is 2.53. The molecule has 2 heteroatoms. The van der Waals surface area contributed by atoms with Gasteiger partial charge in [-0.15, -0.1) is 0 Å². The van der Waals surface area contributed by atoms with Crippen LogP contribution in [-0.2, 0) is 0 Å². The second kappa shape index (κ2) is 6.46. The average Bonchev–Trinajstić information content (AvgIpc) is 1.89. The van der Waals surface area contributed by atoms with E-state index in [1.54, 1.807) is 6.20 Å². The second-order valence-electron chi connectivity index (χ2n) is 2.53. The van der Waals surface area contributed by atoms with Crippen LogP contribution >= 0.6 is 0 Å². The monoisotopic (exact) mass is 142 g/mol. The van der Waals surface area contributed by atoms with Crippen LogP contribution in [0.3, 0.4) is 0 Å². The lowest BCUT2D eigenvalue weighted by Gasteiger charge is -2.11. The van der Waals surface area contributed by atoms with Gasteiger partial charge in [0.25, 0.3) is 0 Å². The van der Waals surface area contributed by atoms with Gasteiger partial charge in [-0.1, -0.05) is 19.8 Å². The molecular weight excluding hydrogens is 124 g/mol. The van der Waals surface area contributed by atoms with Gasteiger partial charge >= 0.3 is 0 Å². The fourth-order valence-electron chi connectivity index (χ4n) is 0.833. The van der Waals surface area contributed by atoms with E-state index in [2.05, 4.69) is 11.8 Å². The van der Waals surface area contributed by atoms with E-state index in [1.807, 2.05) is 13.2 Å². The van der Waals surface area contributed by atoms with Crippen LogP contribution in [0.5, 0.6) is 0 Å². The van der Waals surface area contributed by atoms with Gasteiger partial charge in [-0.2, -0.15) is 0 Å². The molecule has 0 saturated carbocycles. The van der Waals surface area contributed by atoms with Gasteiger partial charge in [0.15, 0.2) is 0 Å². The molecule has 0 atom stereocenters. The fourth-order valence-corrected chi connectivity index (χ4v) is 0.833. The molecule has 0 aromatic carbocycles. The smallest absolute Gasteiger partial charge is 0.0169 e. The molecule has 0 aliphatic carbocycles. The summed E-state index contributed by atoms with van der Waals surface area (Å²) in [5, 5.41) is 0. The average molecular weight is 142 g/mol. The zero-order valence-electron chi connectivity index (χ0n) is 7.01. The van der Waals surface area contributed by atoms with Crippen LogP contribution in [-0.4, -0.2) is 18.5 Å². The molecule has 60 valence electrons. The van der Waals surface area contributed by atoms with Crippen molar-refractivity contribution >= 4 is 0 Å². The Morgan fingerprint density at radius 2 is 2.10 bits per heavy atom. The highest BCUT2D eigenvalue weighted by Crippen LogP contribution is 1.95. The Morgan fingerprint density at radius 3 is 2.60 bits per heavy atom. The first-order valence-electron chi connectivity index (χ1n) is 3.90. The zero-order chi connectivity index (χ0) is 7.82. The van der Waals surface area contributed by atoms with Crippen molar-refractivity contribution in [1.29, 1.82) is 0 Å². The SMILES string of the molecule is CCCCCN(C)/C=C\N. The number of unbranched alkanes of at least 4 members (excludes halogenated alkanes) is 2. The molecule has 0 fully saturated rings. The zero-order valence-corrected chi connectivity index (χ0v) is 7.01. The number of hydrogen-bond acceptors (Lipinski definition) is 2. The Hall–Kier alpha value is -0.660. The van der Waals surface area contributed by atoms with Crippen LogP contribution in [0.1, 0.15) is 26.2 Å². The molecule has 0 unspecified atom stereocenters. The van der Waals surface area contributed by atoms with Crippen LogP contribution < -0.4 is 5.73 Å². The molecule has 0 radical (unpaired) electrons. The summed E-state index contributed by atoms with van der Waals surface area (Å²) in [6, 6.07) is 0. The highest BCUT2D eigenvalue weighted by molar-refractivity contribution is 4.74. The first-order valence-corrected chi connectivity index (χ1v) is 3.90. The minimum atomic E-state index is 1.11. The Kier molecular flexibility index (Phi) is 6.03. The summed E-state index contributed by atoms with van der Waals surface area (Å²) in [7, 11) is 2.04. The Balaban J connectivity index is 3.13. The van der Waals surface area contributed by atoms with Crippen molar-refractivity contribution in [3.63, 3.8) is 0 Å². The van der Waals surface area contributed by atoms with E-state index in [0.717, 1.165) is 6.54 Å². The van der Waals surface area contributed by atoms with Crippen LogP contribution in [0.25, 0.3) is 0 Å². The predicted molar refractivity (Wildman–Crippen MR) is 45.5 cm³/mol. The third-order valence-corrected chi connectivity index (χ3v) is 1.45. The number of nitrogens with two attached hydrogens (primary N) is 1. The van der Waals surface area contributed by atoms with E-state index in [4.69, 9.17) is 5.73 Å². The maximum Gasteiger partial charge on any atom is 0.0169 e. The van der Waals surface area contributed by atoms with Crippen molar-refractivity contribution in [3.8, 4) is 0 Å². The van der Waals surface area contributed by atoms with Gasteiger partial charge in [-0.3, -0.25) is 0 Å². The van der Waals surface area contributed by atoms with Gasteiger partial charge < -0.3 is 10.6 Å². The van der Waals surface area contributed by atoms with E-state index in [0.29, 0.717) is 0 Å². The van der Waals surface area contributed by atoms with Gasteiger partial charge in [0.2, 0.25) is 0 Å². The van der Waals surface area contributed by atoms with Crippen molar-refractivity contribution in [1.82, 2.24) is 4.90 Å². The van der Waals surface area contributed by atoms with Crippen molar-refractivity contribution in [3.05, 3.63) is 12.4 Å². The van der Waals surface area contributed by atoms with Crippen molar-refractivity contribution in [2.75, 3.05) is 13.6 Å². The van der Waals surface area contributed by atoms with E-state index in [9.17, 15) is 0 Å². The minimum Gasteiger partial charge on any atom is -0.403 e. The molecule has 10 heavy (non-hydrogen) atoms. The van der Waals surface area contributed by atoms with Gasteiger partial charge in [0.1, 0.15) is 0 Å². The molecule has 2 nitrogen and oxygen atoms in total. The van der Waals surface area contributed by atoms with E-state index in [1.165, 1.54) is 19.3 Å². The third-order valence-electron chi connectivity index (χ3n) is 1.45. The molecule has 2 N–H and O–H groups in total. The minimum absolute atomic E-state index is 1.11. The lowest BCUT2D eigenvalue weighted by molar-refractivity contribution is 0.434. The highest BCUT2D eigenvalue weighted by atomic mass is 15.1. The molecule has 0 saturated heterocycles. The van der Waals surface area contributed by atoms with E-state index in [-0.39, 0.29) is 0 Å². The number of nitrogens with zero attached hydrogens (tertiary/aromatic N) is 1. The predicted octanol–water partition coefficient (Wildman–Crippen LogP) is 1.54. The largest absolute Gasteiger partial charge is 0.403 e. The maximum absolute atomic E-state index is 5.21. The van der Waals surface area contributed by atoms with Crippen molar-refractivity contribution < 1.29 is 0 Å². The lowest BCUT2D eigenvalue weighted by Crippen LogP contribution is -2.12. The Bertz CT molecular complexity index is 89.3. The molecule has 0 spiro atoms. The topological polar surface area (TPSA) is 29.3 Å².